The highest BCUT2D eigenvalue weighted by Gasteiger charge is 2.12. The monoisotopic (exact) mass is 388 g/mol. The maximum Gasteiger partial charge on any atom is 0.261 e. The number of benzene rings is 2. The number of aryl methyl sites for hydroxylation is 2. The molecule has 0 fully saturated rings. The summed E-state index contributed by atoms with van der Waals surface area (Å²) in [5.41, 5.74) is 4.05. The van der Waals surface area contributed by atoms with Crippen molar-refractivity contribution in [2.45, 2.75) is 26.8 Å². The topological polar surface area (TPSA) is 90.0 Å². The Labute approximate surface area is 167 Å². The highest BCUT2D eigenvalue weighted by atomic mass is 16.5. The van der Waals surface area contributed by atoms with E-state index < -0.39 is 5.91 Å². The largest absolute Gasteiger partial charge is 0.338 e. The third kappa shape index (κ3) is 3.80. The Balaban J connectivity index is 1.49. The molecule has 29 heavy (non-hydrogen) atoms. The van der Waals surface area contributed by atoms with Crippen LogP contribution in [0.4, 0.5) is 5.88 Å². The van der Waals surface area contributed by atoms with E-state index in [0.717, 1.165) is 17.5 Å². The first-order valence-electron chi connectivity index (χ1n) is 9.36. The zero-order valence-corrected chi connectivity index (χ0v) is 16.2. The highest BCUT2D eigenvalue weighted by molar-refractivity contribution is 5.90. The number of carbonyl (C=O) groups excluding carboxylic acids is 1. The molecule has 2 aromatic heterocycles. The van der Waals surface area contributed by atoms with Crippen LogP contribution in [-0.2, 0) is 17.8 Å². The first-order valence-corrected chi connectivity index (χ1v) is 9.36. The minimum absolute atomic E-state index is 0.170. The van der Waals surface area contributed by atoms with Crippen molar-refractivity contribution in [3.05, 3.63) is 76.3 Å². The summed E-state index contributed by atoms with van der Waals surface area (Å²) in [4.78, 5) is 29.3. The predicted molar refractivity (Wildman–Crippen MR) is 111 cm³/mol. The van der Waals surface area contributed by atoms with Gasteiger partial charge in [-0.25, -0.2) is 4.98 Å². The summed E-state index contributed by atoms with van der Waals surface area (Å²) in [5.74, 6) is -0.174. The smallest absolute Gasteiger partial charge is 0.261 e. The zero-order chi connectivity index (χ0) is 20.4. The summed E-state index contributed by atoms with van der Waals surface area (Å²) in [5, 5.41) is 7.12. The molecule has 0 spiro atoms. The van der Waals surface area contributed by atoms with Gasteiger partial charge in [-0.05, 0) is 30.5 Å². The number of carbonyl (C=O) groups is 1. The molecule has 4 aromatic rings. The van der Waals surface area contributed by atoms with Gasteiger partial charge >= 0.3 is 0 Å². The molecule has 0 radical (unpaired) electrons. The SMILES string of the molecule is CCc1ccc(-c2cc(NC(=O)Cn3cnc4c(C)cccc4c3=O)on2)cc1. The number of anilines is 1. The molecule has 0 saturated heterocycles. The normalized spacial score (nSPS) is 11.0. The zero-order valence-electron chi connectivity index (χ0n) is 16.2. The fourth-order valence-corrected chi connectivity index (χ4v) is 3.16. The number of hydrogen-bond donors (Lipinski definition) is 1. The van der Waals surface area contributed by atoms with Crippen molar-refractivity contribution in [3.8, 4) is 11.3 Å². The van der Waals surface area contributed by atoms with Crippen molar-refractivity contribution in [3.63, 3.8) is 0 Å². The van der Waals surface area contributed by atoms with E-state index in [-0.39, 0.29) is 18.0 Å². The third-order valence-corrected chi connectivity index (χ3v) is 4.80. The second kappa shape index (κ2) is 7.71. The van der Waals surface area contributed by atoms with Crippen LogP contribution in [0.1, 0.15) is 18.1 Å². The summed E-state index contributed by atoms with van der Waals surface area (Å²) in [6.07, 6.45) is 2.35. The van der Waals surface area contributed by atoms with Gasteiger partial charge in [0.05, 0.1) is 17.2 Å². The molecule has 1 amide bonds. The highest BCUT2D eigenvalue weighted by Crippen LogP contribution is 2.22. The van der Waals surface area contributed by atoms with Crippen LogP contribution in [0.2, 0.25) is 0 Å². The fourth-order valence-electron chi connectivity index (χ4n) is 3.16. The molecule has 0 unspecified atom stereocenters. The molecule has 0 saturated carbocycles. The standard InChI is InChI=1S/C22H20N4O3/c1-3-15-7-9-16(10-8-15)18-11-20(29-25-18)24-19(27)12-26-13-23-21-14(2)5-4-6-17(21)22(26)28/h4-11,13H,3,12H2,1-2H3,(H,24,27). The van der Waals surface area contributed by atoms with E-state index in [0.29, 0.717) is 16.6 Å². The van der Waals surface area contributed by atoms with E-state index >= 15 is 0 Å². The maximum atomic E-state index is 12.6. The van der Waals surface area contributed by atoms with Crippen LogP contribution >= 0.6 is 0 Å². The number of para-hydroxylation sites is 1. The van der Waals surface area contributed by atoms with Crippen LogP contribution in [0.15, 0.2) is 64.2 Å². The van der Waals surface area contributed by atoms with E-state index in [1.54, 1.807) is 18.2 Å². The minimum Gasteiger partial charge on any atom is -0.338 e. The van der Waals surface area contributed by atoms with E-state index in [9.17, 15) is 9.59 Å². The van der Waals surface area contributed by atoms with Crippen LogP contribution in [-0.4, -0.2) is 20.6 Å². The quantitative estimate of drug-likeness (QED) is 0.565. The number of aromatic nitrogens is 3. The Morgan fingerprint density at radius 1 is 1.17 bits per heavy atom. The molecule has 0 aliphatic carbocycles. The fraction of sp³-hybridized carbons (Fsp3) is 0.182. The first-order chi connectivity index (χ1) is 14.0. The van der Waals surface area contributed by atoms with E-state index in [2.05, 4.69) is 22.4 Å². The second-order valence-corrected chi connectivity index (χ2v) is 6.82. The Morgan fingerprint density at radius 3 is 2.72 bits per heavy atom. The third-order valence-electron chi connectivity index (χ3n) is 4.80. The number of nitrogens with zero attached hydrogens (tertiary/aromatic N) is 3. The van der Waals surface area contributed by atoms with Gasteiger partial charge in [0.2, 0.25) is 11.8 Å². The second-order valence-electron chi connectivity index (χ2n) is 6.82. The van der Waals surface area contributed by atoms with Crippen molar-refractivity contribution in [2.75, 3.05) is 5.32 Å². The van der Waals surface area contributed by atoms with Gasteiger partial charge in [-0.15, -0.1) is 0 Å². The van der Waals surface area contributed by atoms with Crippen molar-refractivity contribution < 1.29 is 9.32 Å². The molecule has 0 aliphatic heterocycles. The van der Waals surface area contributed by atoms with Gasteiger partial charge in [0.25, 0.3) is 5.56 Å². The summed E-state index contributed by atoms with van der Waals surface area (Å²) in [6, 6.07) is 15.0. The summed E-state index contributed by atoms with van der Waals surface area (Å²) < 4.78 is 6.49. The van der Waals surface area contributed by atoms with Gasteiger partial charge in [-0.2, -0.15) is 0 Å². The van der Waals surface area contributed by atoms with Crippen molar-refractivity contribution in [1.82, 2.24) is 14.7 Å². The van der Waals surface area contributed by atoms with Gasteiger partial charge in [0.1, 0.15) is 12.2 Å². The lowest BCUT2D eigenvalue weighted by atomic mass is 10.1. The lowest BCUT2D eigenvalue weighted by Crippen LogP contribution is -2.27. The number of amides is 1. The predicted octanol–water partition coefficient (Wildman–Crippen LogP) is 3.56. The average Bonchev–Trinajstić information content (AvgIpc) is 3.19. The van der Waals surface area contributed by atoms with Crippen LogP contribution in [0.5, 0.6) is 0 Å². The number of nitrogens with one attached hydrogen (secondary N) is 1. The number of rotatable bonds is 5. The summed E-state index contributed by atoms with van der Waals surface area (Å²) >= 11 is 0. The van der Waals surface area contributed by atoms with Crippen molar-refractivity contribution in [1.29, 1.82) is 0 Å². The molecule has 0 atom stereocenters. The maximum absolute atomic E-state index is 12.6. The molecule has 2 heterocycles. The van der Waals surface area contributed by atoms with Crippen LogP contribution in [0.25, 0.3) is 22.2 Å². The average molecular weight is 388 g/mol. The van der Waals surface area contributed by atoms with E-state index in [4.69, 9.17) is 4.52 Å². The lowest BCUT2D eigenvalue weighted by molar-refractivity contribution is -0.116. The molecule has 0 bridgehead atoms. The van der Waals surface area contributed by atoms with Gasteiger partial charge in [-0.3, -0.25) is 19.5 Å². The summed E-state index contributed by atoms with van der Waals surface area (Å²) in [7, 11) is 0. The number of hydrogen-bond acceptors (Lipinski definition) is 5. The first kappa shape index (κ1) is 18.6. The molecule has 1 N–H and O–H groups in total. The van der Waals surface area contributed by atoms with Gasteiger partial charge in [0, 0.05) is 11.6 Å². The lowest BCUT2D eigenvalue weighted by Gasteiger charge is -2.07. The molecule has 7 heteroatoms. The van der Waals surface area contributed by atoms with Crippen LogP contribution < -0.4 is 10.9 Å². The minimum atomic E-state index is -0.398. The number of fused-ring (bicyclic) bond motifs is 1. The Kier molecular flexibility index (Phi) is 4.95. The molecule has 0 aliphatic rings. The molecule has 7 nitrogen and oxygen atoms in total. The van der Waals surface area contributed by atoms with Gasteiger partial charge in [0.15, 0.2) is 0 Å². The van der Waals surface area contributed by atoms with Gasteiger partial charge < -0.3 is 4.52 Å². The Morgan fingerprint density at radius 2 is 1.97 bits per heavy atom. The molecule has 146 valence electrons. The van der Waals surface area contributed by atoms with Crippen molar-refractivity contribution >= 4 is 22.7 Å². The molecular weight excluding hydrogens is 368 g/mol. The molecular formula is C22H20N4O3. The van der Waals surface area contributed by atoms with Crippen LogP contribution in [0, 0.1) is 6.92 Å². The van der Waals surface area contributed by atoms with Crippen molar-refractivity contribution in [2.24, 2.45) is 0 Å². The molecule has 4 rings (SSSR count). The van der Waals surface area contributed by atoms with E-state index in [1.807, 2.05) is 37.3 Å². The Hall–Kier alpha value is -3.74. The van der Waals surface area contributed by atoms with Crippen LogP contribution in [0.3, 0.4) is 0 Å². The summed E-state index contributed by atoms with van der Waals surface area (Å²) in [6.45, 7) is 3.82. The molecule has 2 aromatic carbocycles. The van der Waals surface area contributed by atoms with E-state index in [1.165, 1.54) is 16.5 Å². The van der Waals surface area contributed by atoms with Gasteiger partial charge in [-0.1, -0.05) is 48.5 Å². The Bertz CT molecular complexity index is 1240.